The summed E-state index contributed by atoms with van der Waals surface area (Å²) >= 11 is 0. The van der Waals surface area contributed by atoms with Gasteiger partial charge in [-0.15, -0.1) is 0 Å². The zero-order valence-electron chi connectivity index (χ0n) is 46.4. The van der Waals surface area contributed by atoms with E-state index in [1.807, 2.05) is 0 Å². The van der Waals surface area contributed by atoms with Crippen molar-refractivity contribution in [1.29, 1.82) is 0 Å². The molecule has 0 N–H and O–H groups in total. The molecule has 0 aliphatic carbocycles. The second-order valence-corrected chi connectivity index (χ2v) is 21.3. The number of rotatable bonds is 58. The predicted molar refractivity (Wildman–Crippen MR) is 294 cm³/mol. The van der Waals surface area contributed by atoms with Crippen LogP contribution in [0.5, 0.6) is 0 Å². The molecule has 0 aliphatic rings. The van der Waals surface area contributed by atoms with Gasteiger partial charge in [0.2, 0.25) is 0 Å². The molecule has 0 rings (SSSR count). The van der Waals surface area contributed by atoms with E-state index in [-0.39, 0.29) is 31.1 Å². The molecule has 68 heavy (non-hydrogen) atoms. The summed E-state index contributed by atoms with van der Waals surface area (Å²) in [6.45, 7) is 6.71. The largest absolute Gasteiger partial charge is 0.462 e. The summed E-state index contributed by atoms with van der Waals surface area (Å²) < 4.78 is 16.9. The van der Waals surface area contributed by atoms with Gasteiger partial charge in [0.25, 0.3) is 0 Å². The minimum absolute atomic E-state index is 0.0610. The molecule has 0 aromatic carbocycles. The Morgan fingerprint density at radius 2 is 0.397 bits per heavy atom. The van der Waals surface area contributed by atoms with Crippen molar-refractivity contribution < 1.29 is 28.6 Å². The number of ether oxygens (including phenoxy) is 3. The number of hydrogen-bond donors (Lipinski definition) is 0. The summed E-state index contributed by atoms with van der Waals surface area (Å²) in [5.41, 5.74) is 0. The number of carbonyl (C=O) groups is 3. The standard InChI is InChI=1S/C62H120O6/c1-4-7-10-13-16-19-22-24-26-28-30-32-34-36-38-40-43-46-49-52-55-61(64)67-58-59(57-66-60(63)54-51-48-45-42-21-18-15-12-9-6-3)68-62(65)56-53-50-47-44-41-39-37-35-33-31-29-27-25-23-20-17-14-11-8-5-2/h59H,4-58H2,1-3H3. The van der Waals surface area contributed by atoms with Gasteiger partial charge in [0.05, 0.1) is 0 Å². The minimum Gasteiger partial charge on any atom is -0.462 e. The number of hydrogen-bond acceptors (Lipinski definition) is 6. The summed E-state index contributed by atoms with van der Waals surface area (Å²) in [5, 5.41) is 0. The molecule has 0 amide bonds. The first kappa shape index (κ1) is 66.4. The minimum atomic E-state index is -0.761. The van der Waals surface area contributed by atoms with Crippen LogP contribution >= 0.6 is 0 Å². The zero-order valence-corrected chi connectivity index (χ0v) is 46.4. The van der Waals surface area contributed by atoms with Crippen LogP contribution in [0.15, 0.2) is 0 Å². The van der Waals surface area contributed by atoms with Gasteiger partial charge < -0.3 is 14.2 Å². The average molecular weight is 962 g/mol. The first-order valence-corrected chi connectivity index (χ1v) is 31.0. The zero-order chi connectivity index (χ0) is 49.3. The molecular weight excluding hydrogens is 841 g/mol. The Kier molecular flexibility index (Phi) is 56.6. The van der Waals surface area contributed by atoms with E-state index in [1.165, 1.54) is 263 Å². The molecule has 6 heteroatoms. The summed E-state index contributed by atoms with van der Waals surface area (Å²) in [7, 11) is 0. The van der Waals surface area contributed by atoms with Gasteiger partial charge in [0, 0.05) is 19.3 Å². The molecule has 0 aromatic heterocycles. The molecule has 6 nitrogen and oxygen atoms in total. The smallest absolute Gasteiger partial charge is 0.306 e. The first-order chi connectivity index (χ1) is 33.5. The lowest BCUT2D eigenvalue weighted by Gasteiger charge is -2.18. The van der Waals surface area contributed by atoms with Crippen LogP contribution in [0, 0.1) is 0 Å². The number of esters is 3. The maximum Gasteiger partial charge on any atom is 0.306 e. The molecule has 0 fully saturated rings. The fourth-order valence-corrected chi connectivity index (χ4v) is 9.68. The molecule has 0 saturated heterocycles. The summed E-state index contributed by atoms with van der Waals surface area (Å²) in [4.78, 5) is 38.2. The molecule has 404 valence electrons. The van der Waals surface area contributed by atoms with Crippen LogP contribution in [0.25, 0.3) is 0 Å². The van der Waals surface area contributed by atoms with Crippen molar-refractivity contribution in [1.82, 2.24) is 0 Å². The van der Waals surface area contributed by atoms with Gasteiger partial charge in [-0.25, -0.2) is 0 Å². The van der Waals surface area contributed by atoms with Gasteiger partial charge in [0.1, 0.15) is 13.2 Å². The van der Waals surface area contributed by atoms with Crippen molar-refractivity contribution in [2.75, 3.05) is 13.2 Å². The fraction of sp³-hybridized carbons (Fsp3) is 0.952. The van der Waals surface area contributed by atoms with Crippen molar-refractivity contribution in [3.63, 3.8) is 0 Å². The molecule has 1 unspecified atom stereocenters. The Balaban J connectivity index is 4.19. The van der Waals surface area contributed by atoms with Crippen LogP contribution in [0.3, 0.4) is 0 Å². The van der Waals surface area contributed by atoms with E-state index in [0.717, 1.165) is 57.8 Å². The summed E-state index contributed by atoms with van der Waals surface area (Å²) in [6.07, 6.45) is 65.4. The first-order valence-electron chi connectivity index (χ1n) is 31.0. The van der Waals surface area contributed by atoms with Crippen LogP contribution in [0.4, 0.5) is 0 Å². The van der Waals surface area contributed by atoms with Gasteiger partial charge in [-0.1, -0.05) is 323 Å². The average Bonchev–Trinajstić information content (AvgIpc) is 3.34. The van der Waals surface area contributed by atoms with Crippen LogP contribution in [-0.4, -0.2) is 37.2 Å². The van der Waals surface area contributed by atoms with Crippen LogP contribution < -0.4 is 0 Å². The highest BCUT2D eigenvalue weighted by Crippen LogP contribution is 2.18. The van der Waals surface area contributed by atoms with E-state index in [2.05, 4.69) is 20.8 Å². The van der Waals surface area contributed by atoms with Crippen molar-refractivity contribution in [3.05, 3.63) is 0 Å². The third kappa shape index (κ3) is 55.3. The number of carbonyl (C=O) groups excluding carboxylic acids is 3. The highest BCUT2D eigenvalue weighted by Gasteiger charge is 2.19. The monoisotopic (exact) mass is 961 g/mol. The molecular formula is C62H120O6. The Hall–Kier alpha value is -1.59. The van der Waals surface area contributed by atoms with E-state index in [4.69, 9.17) is 14.2 Å². The van der Waals surface area contributed by atoms with E-state index in [9.17, 15) is 14.4 Å². The maximum absolute atomic E-state index is 12.9. The van der Waals surface area contributed by atoms with E-state index in [0.29, 0.717) is 19.3 Å². The molecule has 0 saturated carbocycles. The van der Waals surface area contributed by atoms with E-state index in [1.54, 1.807) is 0 Å². The van der Waals surface area contributed by atoms with Gasteiger partial charge in [-0.2, -0.15) is 0 Å². The van der Waals surface area contributed by atoms with Gasteiger partial charge in [-0.05, 0) is 19.3 Å². The lowest BCUT2D eigenvalue weighted by atomic mass is 10.0. The third-order valence-corrected chi connectivity index (χ3v) is 14.4. The quantitative estimate of drug-likeness (QED) is 0.0343. The van der Waals surface area contributed by atoms with E-state index >= 15 is 0 Å². The Morgan fingerprint density at radius 3 is 0.588 bits per heavy atom. The topological polar surface area (TPSA) is 78.9 Å². The predicted octanol–water partition coefficient (Wildman–Crippen LogP) is 20.7. The van der Waals surface area contributed by atoms with Crippen molar-refractivity contribution >= 4 is 17.9 Å². The third-order valence-electron chi connectivity index (χ3n) is 14.4. The van der Waals surface area contributed by atoms with E-state index < -0.39 is 6.10 Å². The Labute approximate surface area is 425 Å². The highest BCUT2D eigenvalue weighted by atomic mass is 16.6. The van der Waals surface area contributed by atoms with Crippen molar-refractivity contribution in [3.8, 4) is 0 Å². The second kappa shape index (κ2) is 58.0. The van der Waals surface area contributed by atoms with Crippen LogP contribution in [0.1, 0.15) is 361 Å². The normalized spacial score (nSPS) is 11.9. The summed E-state index contributed by atoms with van der Waals surface area (Å²) in [5.74, 6) is -0.831. The van der Waals surface area contributed by atoms with Crippen LogP contribution in [-0.2, 0) is 28.6 Å². The van der Waals surface area contributed by atoms with Crippen molar-refractivity contribution in [2.24, 2.45) is 0 Å². The molecule has 0 aromatic rings. The molecule has 0 spiro atoms. The molecule has 0 bridgehead atoms. The molecule has 0 radical (unpaired) electrons. The van der Waals surface area contributed by atoms with Crippen LogP contribution in [0.2, 0.25) is 0 Å². The maximum atomic E-state index is 12.9. The SMILES string of the molecule is CCCCCCCCCCCCCCCCCCCCCCC(=O)OCC(COC(=O)CCCCCCCCCCCC)OC(=O)CCCCCCCCCCCCCCCCCCCCCC. The lowest BCUT2D eigenvalue weighted by molar-refractivity contribution is -0.167. The van der Waals surface area contributed by atoms with Gasteiger partial charge in [-0.3, -0.25) is 14.4 Å². The highest BCUT2D eigenvalue weighted by molar-refractivity contribution is 5.71. The molecule has 1 atom stereocenters. The lowest BCUT2D eigenvalue weighted by Crippen LogP contribution is -2.30. The van der Waals surface area contributed by atoms with Gasteiger partial charge >= 0.3 is 17.9 Å². The Bertz CT molecular complexity index is 1010. The molecule has 0 aliphatic heterocycles. The fourth-order valence-electron chi connectivity index (χ4n) is 9.68. The van der Waals surface area contributed by atoms with Crippen molar-refractivity contribution in [2.45, 2.75) is 367 Å². The molecule has 0 heterocycles. The summed E-state index contributed by atoms with van der Waals surface area (Å²) in [6, 6.07) is 0. The number of unbranched alkanes of at least 4 members (excludes halogenated alkanes) is 47. The Morgan fingerprint density at radius 1 is 0.235 bits per heavy atom. The van der Waals surface area contributed by atoms with Gasteiger partial charge in [0.15, 0.2) is 6.10 Å². The second-order valence-electron chi connectivity index (χ2n) is 21.3.